The quantitative estimate of drug-likeness (QED) is 0.399. The molecule has 3 fully saturated rings. The van der Waals surface area contributed by atoms with E-state index in [-0.39, 0.29) is 52.8 Å². The number of carbonyl (C=O) groups excluding carboxylic acids is 1. The Kier molecular flexibility index (Phi) is 11.0. The van der Waals surface area contributed by atoms with Crippen molar-refractivity contribution in [3.05, 3.63) is 40.7 Å². The molecule has 13 heteroatoms. The normalized spacial score (nSPS) is 28.9. The molecule has 1 aliphatic carbocycles. The van der Waals surface area contributed by atoms with Gasteiger partial charge in [-0.2, -0.15) is 13.2 Å². The number of methoxy groups -OCH3 is 1. The zero-order chi connectivity index (χ0) is 30.4. The lowest BCUT2D eigenvalue weighted by atomic mass is 9.89. The second-order valence-electron chi connectivity index (χ2n) is 11.7. The molecule has 0 spiro atoms. The van der Waals surface area contributed by atoms with Crippen LogP contribution in [0.3, 0.4) is 0 Å². The minimum absolute atomic E-state index is 0.0432. The van der Waals surface area contributed by atoms with Crippen molar-refractivity contribution >= 4 is 23.5 Å². The van der Waals surface area contributed by atoms with E-state index in [1.54, 1.807) is 19.3 Å². The van der Waals surface area contributed by atoms with Gasteiger partial charge in [0.2, 0.25) is 0 Å². The van der Waals surface area contributed by atoms with E-state index in [2.05, 4.69) is 20.6 Å². The average molecular weight is 626 g/mol. The van der Waals surface area contributed by atoms with Gasteiger partial charge in [0.1, 0.15) is 17.8 Å². The van der Waals surface area contributed by atoms with E-state index in [1.165, 1.54) is 6.33 Å². The molecule has 4 aliphatic rings. The fourth-order valence-corrected chi connectivity index (χ4v) is 6.98. The number of likely N-dealkylation sites (tertiary alicyclic amines) is 1. The first-order valence-electron chi connectivity index (χ1n) is 15.2. The lowest BCUT2D eigenvalue weighted by Gasteiger charge is -2.38. The molecule has 238 valence electrons. The first-order valence-corrected chi connectivity index (χ1v) is 16.0. The number of amides is 1. The van der Waals surface area contributed by atoms with Crippen LogP contribution in [0.1, 0.15) is 61.0 Å². The van der Waals surface area contributed by atoms with Crippen LogP contribution in [-0.4, -0.2) is 96.6 Å². The number of anilines is 1. The van der Waals surface area contributed by atoms with E-state index in [9.17, 15) is 18.0 Å². The Bertz CT molecular complexity index is 1160. The summed E-state index contributed by atoms with van der Waals surface area (Å²) in [6.07, 6.45) is 12.3. The molecule has 9 nitrogen and oxygen atoms in total. The Labute approximate surface area is 255 Å². The third kappa shape index (κ3) is 8.72. The predicted molar refractivity (Wildman–Crippen MR) is 159 cm³/mol. The first kappa shape index (κ1) is 32.2. The number of aromatic nitrogens is 2. The SMILES string of the molecule is COC1COCCC1NC1CCN(C(=O)c2ncnc(NCC3CCCC(C4C=CC(SC(F)(F)F)=CC4)O3)c2C)CC1. The lowest BCUT2D eigenvalue weighted by Crippen LogP contribution is -2.54. The summed E-state index contributed by atoms with van der Waals surface area (Å²) in [6, 6.07) is 0.590. The van der Waals surface area contributed by atoms with Crippen molar-refractivity contribution in [1.82, 2.24) is 20.2 Å². The van der Waals surface area contributed by atoms with Crippen molar-refractivity contribution in [2.75, 3.05) is 45.3 Å². The molecular formula is C30H42F3N5O4S. The summed E-state index contributed by atoms with van der Waals surface area (Å²) in [6.45, 7) is 5.03. The molecule has 43 heavy (non-hydrogen) atoms. The third-order valence-corrected chi connectivity index (χ3v) is 9.58. The van der Waals surface area contributed by atoms with Crippen molar-refractivity contribution in [1.29, 1.82) is 0 Å². The predicted octanol–water partition coefficient (Wildman–Crippen LogP) is 4.85. The van der Waals surface area contributed by atoms with Crippen LogP contribution in [0.2, 0.25) is 0 Å². The van der Waals surface area contributed by atoms with E-state index in [4.69, 9.17) is 14.2 Å². The van der Waals surface area contributed by atoms with Crippen molar-refractivity contribution < 1.29 is 32.2 Å². The van der Waals surface area contributed by atoms with Gasteiger partial charge in [-0.1, -0.05) is 18.2 Å². The number of alkyl halides is 3. The van der Waals surface area contributed by atoms with Crippen LogP contribution in [-0.2, 0) is 14.2 Å². The van der Waals surface area contributed by atoms with Gasteiger partial charge in [-0.05, 0) is 63.6 Å². The Morgan fingerprint density at radius 1 is 1.19 bits per heavy atom. The molecule has 5 unspecified atom stereocenters. The average Bonchev–Trinajstić information content (AvgIpc) is 3.01. The monoisotopic (exact) mass is 625 g/mol. The molecule has 1 amide bonds. The van der Waals surface area contributed by atoms with Crippen molar-refractivity contribution in [3.63, 3.8) is 0 Å². The fraction of sp³-hybridized carbons (Fsp3) is 0.700. The number of ether oxygens (including phenoxy) is 3. The van der Waals surface area contributed by atoms with Crippen LogP contribution in [0, 0.1) is 12.8 Å². The van der Waals surface area contributed by atoms with Gasteiger partial charge in [0.25, 0.3) is 5.91 Å². The van der Waals surface area contributed by atoms with Crippen molar-refractivity contribution in [2.45, 2.75) is 87.8 Å². The smallest absolute Gasteiger partial charge is 0.379 e. The van der Waals surface area contributed by atoms with Crippen LogP contribution in [0.4, 0.5) is 19.0 Å². The topological polar surface area (TPSA) is 97.8 Å². The van der Waals surface area contributed by atoms with Crippen LogP contribution < -0.4 is 10.6 Å². The summed E-state index contributed by atoms with van der Waals surface area (Å²) in [5.74, 6) is 0.583. The third-order valence-electron chi connectivity index (χ3n) is 8.81. The number of allylic oxidation sites excluding steroid dienone is 2. The van der Waals surface area contributed by atoms with Gasteiger partial charge in [0.05, 0.1) is 24.9 Å². The van der Waals surface area contributed by atoms with Crippen molar-refractivity contribution in [2.24, 2.45) is 5.92 Å². The van der Waals surface area contributed by atoms with Gasteiger partial charge in [0.15, 0.2) is 0 Å². The highest BCUT2D eigenvalue weighted by atomic mass is 32.2. The van der Waals surface area contributed by atoms with Crippen LogP contribution in [0.25, 0.3) is 0 Å². The van der Waals surface area contributed by atoms with E-state index < -0.39 is 5.51 Å². The van der Waals surface area contributed by atoms with Crippen LogP contribution in [0.5, 0.6) is 0 Å². The second kappa shape index (κ2) is 14.7. The van der Waals surface area contributed by atoms with Gasteiger partial charge in [-0.3, -0.25) is 4.79 Å². The maximum Gasteiger partial charge on any atom is 0.446 e. The summed E-state index contributed by atoms with van der Waals surface area (Å²) >= 11 is -0.0732. The number of rotatable bonds is 9. The molecule has 0 saturated carbocycles. The molecule has 3 saturated heterocycles. The number of nitrogens with zero attached hydrogens (tertiary/aromatic N) is 3. The summed E-state index contributed by atoms with van der Waals surface area (Å²) < 4.78 is 55.5. The molecule has 4 heterocycles. The molecule has 0 aromatic carbocycles. The fourth-order valence-electron chi connectivity index (χ4n) is 6.39. The number of carbonyl (C=O) groups is 1. The molecule has 0 bridgehead atoms. The van der Waals surface area contributed by atoms with Gasteiger partial charge in [-0.25, -0.2) is 9.97 Å². The number of hydrogen-bond acceptors (Lipinski definition) is 9. The molecular weight excluding hydrogens is 583 g/mol. The van der Waals surface area contributed by atoms with Gasteiger partial charge in [-0.15, -0.1) is 0 Å². The second-order valence-corrected chi connectivity index (χ2v) is 12.8. The zero-order valence-electron chi connectivity index (χ0n) is 24.8. The highest BCUT2D eigenvalue weighted by molar-refractivity contribution is 8.04. The number of hydrogen-bond donors (Lipinski definition) is 2. The zero-order valence-corrected chi connectivity index (χ0v) is 25.6. The first-order chi connectivity index (χ1) is 20.7. The summed E-state index contributed by atoms with van der Waals surface area (Å²) in [4.78, 5) is 24.3. The molecule has 1 aromatic rings. The Morgan fingerprint density at radius 2 is 2.00 bits per heavy atom. The molecule has 0 radical (unpaired) electrons. The minimum Gasteiger partial charge on any atom is -0.379 e. The summed E-state index contributed by atoms with van der Waals surface area (Å²) in [5, 5.41) is 7.08. The van der Waals surface area contributed by atoms with Gasteiger partial charge in [0, 0.05) is 61.8 Å². The van der Waals surface area contributed by atoms with Crippen LogP contribution >= 0.6 is 11.8 Å². The number of thioether (sulfide) groups is 1. The van der Waals surface area contributed by atoms with Gasteiger partial charge < -0.3 is 29.7 Å². The molecule has 5 atom stereocenters. The van der Waals surface area contributed by atoms with E-state index in [0.29, 0.717) is 55.8 Å². The maximum absolute atomic E-state index is 13.4. The van der Waals surface area contributed by atoms with E-state index in [1.807, 2.05) is 17.9 Å². The number of piperidine rings is 1. The van der Waals surface area contributed by atoms with Crippen LogP contribution in [0.15, 0.2) is 29.5 Å². The lowest BCUT2D eigenvalue weighted by molar-refractivity contribution is -0.0615. The number of nitrogens with one attached hydrogen (secondary N) is 2. The highest BCUT2D eigenvalue weighted by Crippen LogP contribution is 2.40. The molecule has 5 rings (SSSR count). The minimum atomic E-state index is -4.28. The maximum atomic E-state index is 13.4. The largest absolute Gasteiger partial charge is 0.446 e. The molecule has 3 aliphatic heterocycles. The standard InChI is InChI=1S/C30H42F3N5O4S/c1-19-27(29(39)38-13-10-21(11-14-38)37-24-12-15-41-17-26(24)40-2)35-18-36-28(19)34-16-22-4-3-5-25(42-22)20-6-8-23(9-7-20)43-30(31,32)33/h6,8-9,18,20-22,24-26,37H,3-5,7,10-17H2,1-2H3,(H,34,35,36). The van der Waals surface area contributed by atoms with Crippen molar-refractivity contribution in [3.8, 4) is 0 Å². The Balaban J connectivity index is 1.10. The highest BCUT2D eigenvalue weighted by Gasteiger charge is 2.34. The molecule has 1 aromatic heterocycles. The Hall–Kier alpha value is -2.19. The van der Waals surface area contributed by atoms with E-state index >= 15 is 0 Å². The Morgan fingerprint density at radius 3 is 2.72 bits per heavy atom. The molecule has 2 N–H and O–H groups in total. The van der Waals surface area contributed by atoms with E-state index in [0.717, 1.165) is 45.1 Å². The summed E-state index contributed by atoms with van der Waals surface area (Å²) in [7, 11) is 1.72. The summed E-state index contributed by atoms with van der Waals surface area (Å²) in [5.41, 5.74) is -3.17. The number of halogens is 3. The van der Waals surface area contributed by atoms with Gasteiger partial charge >= 0.3 is 5.51 Å².